The largest absolute Gasteiger partial charge is 0.426 e. The fourth-order valence-electron chi connectivity index (χ4n) is 3.31. The number of hydrogen-bond donors (Lipinski definition) is 2. The van der Waals surface area contributed by atoms with Gasteiger partial charge in [-0.05, 0) is 6.07 Å². The summed E-state index contributed by atoms with van der Waals surface area (Å²) in [6.45, 7) is -1.91. The number of nitrogens with two attached hydrogens (primary N) is 1. The fraction of sp³-hybridized carbons (Fsp3) is 0.389. The molecule has 3 unspecified atom stereocenters. The number of nitrogens with one attached hydrogen (secondary N) is 1. The molecule has 0 spiro atoms. The number of alkyl halides is 4. The van der Waals surface area contributed by atoms with Crippen molar-refractivity contribution < 1.29 is 35.9 Å². The van der Waals surface area contributed by atoms with Crippen molar-refractivity contribution in [2.45, 2.75) is 31.3 Å². The number of rotatable bonds is 4. The highest BCUT2D eigenvalue weighted by Crippen LogP contribution is 2.49. The second kappa shape index (κ2) is 9.59. The zero-order valence-corrected chi connectivity index (χ0v) is 17.7. The van der Waals surface area contributed by atoms with Gasteiger partial charge in [0.25, 0.3) is 11.5 Å². The number of para-hydroxylation sites is 1. The lowest BCUT2D eigenvalue weighted by atomic mass is 10.2. The number of fused-ring (bicyclic) bond motifs is 2. The summed E-state index contributed by atoms with van der Waals surface area (Å²) in [6, 6.07) is 7.26. The Hall–Kier alpha value is -2.80. The molecule has 1 saturated heterocycles. The number of halogens is 4. The SMILES string of the molecule is FCF.Nc1nc2c(ncn2C2CC(F)(F)C(COP3OCc4ccccc4O3)O2)c(=O)[nH]1. The van der Waals surface area contributed by atoms with Gasteiger partial charge >= 0.3 is 8.60 Å². The molecule has 178 valence electrons. The molecule has 0 bridgehead atoms. The quantitative estimate of drug-likeness (QED) is 0.420. The molecule has 0 saturated carbocycles. The number of imidazole rings is 1. The van der Waals surface area contributed by atoms with Crippen molar-refractivity contribution >= 4 is 25.7 Å². The van der Waals surface area contributed by atoms with Gasteiger partial charge in [0.2, 0.25) is 12.9 Å². The Morgan fingerprint density at radius 1 is 1.33 bits per heavy atom. The predicted molar refractivity (Wildman–Crippen MR) is 108 cm³/mol. The van der Waals surface area contributed by atoms with Crippen LogP contribution in [0, 0.1) is 0 Å². The lowest BCUT2D eigenvalue weighted by Crippen LogP contribution is -2.32. The topological polar surface area (TPSA) is 127 Å². The molecule has 1 fully saturated rings. The number of benzene rings is 1. The monoisotopic (exact) mass is 491 g/mol. The van der Waals surface area contributed by atoms with Crippen LogP contribution in [0.5, 0.6) is 5.75 Å². The zero-order valence-electron chi connectivity index (χ0n) is 16.8. The number of anilines is 1. The van der Waals surface area contributed by atoms with Gasteiger partial charge in [0.1, 0.15) is 18.1 Å². The van der Waals surface area contributed by atoms with Crippen LogP contribution >= 0.6 is 8.60 Å². The average Bonchev–Trinajstić information content (AvgIpc) is 3.32. The smallest absolute Gasteiger partial charge is 0.397 e. The van der Waals surface area contributed by atoms with Gasteiger partial charge in [-0.1, -0.05) is 18.2 Å². The third-order valence-corrected chi connectivity index (χ3v) is 5.85. The van der Waals surface area contributed by atoms with E-state index in [0.29, 0.717) is 5.75 Å². The summed E-state index contributed by atoms with van der Waals surface area (Å²) in [5, 5.41) is 0. The van der Waals surface area contributed by atoms with E-state index in [4.69, 9.17) is 24.0 Å². The Bertz CT molecular complexity index is 1180. The number of ether oxygens (including phenoxy) is 1. The van der Waals surface area contributed by atoms with Crippen LogP contribution in [0.2, 0.25) is 0 Å². The highest BCUT2D eigenvalue weighted by molar-refractivity contribution is 7.42. The minimum Gasteiger partial charge on any atom is -0.426 e. The second-order valence-electron chi connectivity index (χ2n) is 6.91. The molecule has 2 aliphatic rings. The van der Waals surface area contributed by atoms with Gasteiger partial charge in [0.15, 0.2) is 11.2 Å². The van der Waals surface area contributed by atoms with Crippen LogP contribution in [-0.2, 0) is 20.4 Å². The maximum absolute atomic E-state index is 14.6. The zero-order chi connectivity index (χ0) is 23.6. The summed E-state index contributed by atoms with van der Waals surface area (Å²) in [5.74, 6) is -2.73. The van der Waals surface area contributed by atoms with Crippen molar-refractivity contribution in [3.63, 3.8) is 0 Å². The molecule has 0 amide bonds. The average molecular weight is 491 g/mol. The Kier molecular flexibility index (Phi) is 6.79. The molecule has 2 aromatic heterocycles. The summed E-state index contributed by atoms with van der Waals surface area (Å²) in [7, 11) is -1.82. The van der Waals surface area contributed by atoms with E-state index in [-0.39, 0.29) is 23.7 Å². The van der Waals surface area contributed by atoms with E-state index in [1.807, 2.05) is 12.1 Å². The van der Waals surface area contributed by atoms with Crippen molar-refractivity contribution in [3.05, 3.63) is 46.5 Å². The van der Waals surface area contributed by atoms with E-state index >= 15 is 0 Å². The van der Waals surface area contributed by atoms with E-state index in [1.54, 1.807) is 12.1 Å². The van der Waals surface area contributed by atoms with E-state index < -0.39 is 52.4 Å². The number of H-pyrrole nitrogens is 1. The lowest BCUT2D eigenvalue weighted by Gasteiger charge is -2.25. The third-order valence-electron chi connectivity index (χ3n) is 4.80. The molecule has 4 heterocycles. The van der Waals surface area contributed by atoms with Crippen LogP contribution in [0.1, 0.15) is 18.2 Å². The summed E-state index contributed by atoms with van der Waals surface area (Å²) in [4.78, 5) is 22.1. The first kappa shape index (κ1) is 23.4. The third kappa shape index (κ3) is 4.93. The second-order valence-corrected chi connectivity index (χ2v) is 8.06. The molecule has 15 heteroatoms. The number of nitrogens with zero attached hydrogens (tertiary/aromatic N) is 3. The first-order valence-electron chi connectivity index (χ1n) is 9.51. The molecule has 33 heavy (non-hydrogen) atoms. The molecular weight excluding hydrogens is 473 g/mol. The fourth-order valence-corrected chi connectivity index (χ4v) is 4.33. The maximum atomic E-state index is 14.6. The van der Waals surface area contributed by atoms with Crippen LogP contribution in [0.15, 0.2) is 35.4 Å². The van der Waals surface area contributed by atoms with Gasteiger partial charge in [-0.15, -0.1) is 0 Å². The van der Waals surface area contributed by atoms with Crippen LogP contribution < -0.4 is 15.8 Å². The summed E-state index contributed by atoms with van der Waals surface area (Å²) in [5.41, 5.74) is 5.91. The van der Waals surface area contributed by atoms with Crippen molar-refractivity contribution in [3.8, 4) is 5.75 Å². The summed E-state index contributed by atoms with van der Waals surface area (Å²) < 4.78 is 71.7. The van der Waals surface area contributed by atoms with Crippen LogP contribution in [0.3, 0.4) is 0 Å². The van der Waals surface area contributed by atoms with Crippen molar-refractivity contribution in [2.24, 2.45) is 0 Å². The number of hydrogen-bond acceptors (Lipinski definition) is 8. The molecule has 2 aliphatic heterocycles. The Labute approximate surface area is 184 Å². The van der Waals surface area contributed by atoms with Crippen LogP contribution in [0.4, 0.5) is 23.5 Å². The Morgan fingerprint density at radius 3 is 2.88 bits per heavy atom. The van der Waals surface area contributed by atoms with Crippen molar-refractivity contribution in [2.75, 3.05) is 19.3 Å². The first-order valence-corrected chi connectivity index (χ1v) is 10.6. The van der Waals surface area contributed by atoms with E-state index in [1.165, 1.54) is 10.9 Å². The molecule has 0 radical (unpaired) electrons. The van der Waals surface area contributed by atoms with E-state index in [9.17, 15) is 22.4 Å². The number of aromatic nitrogens is 4. The highest BCUT2D eigenvalue weighted by Gasteiger charge is 2.52. The molecule has 3 atom stereocenters. The normalized spacial score (nSPS) is 23.5. The van der Waals surface area contributed by atoms with Gasteiger partial charge in [0, 0.05) is 5.56 Å². The Balaban J connectivity index is 0.000000821. The van der Waals surface area contributed by atoms with E-state index in [2.05, 4.69) is 15.0 Å². The molecular formula is C18H18F4N5O5P. The molecule has 3 aromatic rings. The predicted octanol–water partition coefficient (Wildman–Crippen LogP) is 3.36. The van der Waals surface area contributed by atoms with E-state index in [0.717, 1.165) is 5.56 Å². The first-order chi connectivity index (χ1) is 15.8. The molecule has 5 rings (SSSR count). The minimum atomic E-state index is -3.18. The summed E-state index contributed by atoms with van der Waals surface area (Å²) >= 11 is 0. The highest BCUT2D eigenvalue weighted by atomic mass is 31.2. The molecule has 1 aromatic carbocycles. The maximum Gasteiger partial charge on any atom is 0.397 e. The van der Waals surface area contributed by atoms with Gasteiger partial charge in [-0.3, -0.25) is 23.4 Å². The standard InChI is InChI=1S/C17H16F2N5O5P.CH2F2/c18-17(19)5-12(24-8-21-13-14(24)22-16(20)23-15(13)25)28-11(17)7-27-30-26-6-9-3-1-2-4-10(9)29-30;2-1-3/h1-4,8,11-12H,5-7H2,(H3,20,22,23,25);1H2. The molecule has 10 nitrogen and oxygen atoms in total. The van der Waals surface area contributed by atoms with Crippen molar-refractivity contribution in [1.29, 1.82) is 0 Å². The number of nitrogen functional groups attached to an aromatic ring is 1. The summed E-state index contributed by atoms with van der Waals surface area (Å²) in [6.07, 6.45) is -2.03. The number of aromatic amines is 1. The van der Waals surface area contributed by atoms with Gasteiger partial charge < -0.3 is 15.0 Å². The van der Waals surface area contributed by atoms with Gasteiger partial charge in [0.05, 0.1) is 26.0 Å². The molecule has 0 aliphatic carbocycles. The van der Waals surface area contributed by atoms with Gasteiger partial charge in [-0.2, -0.15) is 4.98 Å². The minimum absolute atomic E-state index is 0.0121. The Morgan fingerprint density at radius 2 is 2.09 bits per heavy atom. The van der Waals surface area contributed by atoms with Crippen LogP contribution in [-0.4, -0.2) is 45.1 Å². The lowest BCUT2D eigenvalue weighted by molar-refractivity contribution is -0.0986. The van der Waals surface area contributed by atoms with Crippen LogP contribution in [0.25, 0.3) is 11.2 Å². The van der Waals surface area contributed by atoms with Gasteiger partial charge in [-0.25, -0.2) is 22.5 Å². The van der Waals surface area contributed by atoms with Crippen molar-refractivity contribution in [1.82, 2.24) is 19.5 Å². The molecule has 3 N–H and O–H groups in total.